The molecular weight excluding hydrogens is 290 g/mol. The number of hydrogen-bond donors (Lipinski definition) is 1. The lowest BCUT2D eigenvalue weighted by Crippen LogP contribution is -2.39. The topological polar surface area (TPSA) is 23.5 Å². The number of hydrogen-bond acceptors (Lipinski definition) is 2. The maximum atomic E-state index is 9.63. The lowest BCUT2D eigenvalue weighted by Gasteiger charge is -2.37. The van der Waals surface area contributed by atoms with Crippen molar-refractivity contribution < 1.29 is 5.11 Å². The summed E-state index contributed by atoms with van der Waals surface area (Å²) in [5, 5.41) is 9.63. The van der Waals surface area contributed by atoms with Crippen molar-refractivity contribution in [2.24, 2.45) is 5.41 Å². The van der Waals surface area contributed by atoms with E-state index in [1.807, 2.05) is 6.07 Å². The Morgan fingerprint density at radius 1 is 1.22 bits per heavy atom. The molecule has 0 heterocycles. The quantitative estimate of drug-likeness (QED) is 0.895. The number of rotatable bonds is 3. The van der Waals surface area contributed by atoms with E-state index in [1.165, 1.54) is 0 Å². The van der Waals surface area contributed by atoms with Gasteiger partial charge in [0.2, 0.25) is 0 Å². The Morgan fingerprint density at radius 3 is 2.17 bits per heavy atom. The predicted molar refractivity (Wildman–Crippen MR) is 82.1 cm³/mol. The summed E-state index contributed by atoms with van der Waals surface area (Å²) < 4.78 is 0.961. The summed E-state index contributed by atoms with van der Waals surface area (Å²) in [4.78, 5) is 2.27. The second-order valence-electron chi connectivity index (χ2n) is 6.03. The van der Waals surface area contributed by atoms with Gasteiger partial charge in [-0.05, 0) is 37.0 Å². The molecule has 1 rings (SSSR count). The van der Waals surface area contributed by atoms with Gasteiger partial charge in [0.15, 0.2) is 0 Å². The molecule has 0 saturated heterocycles. The van der Waals surface area contributed by atoms with E-state index in [4.69, 9.17) is 0 Å². The third-order valence-corrected chi connectivity index (χ3v) is 4.36. The van der Waals surface area contributed by atoms with E-state index in [9.17, 15) is 5.11 Å². The van der Waals surface area contributed by atoms with E-state index < -0.39 is 6.10 Å². The molecule has 18 heavy (non-hydrogen) atoms. The molecule has 1 unspecified atom stereocenters. The van der Waals surface area contributed by atoms with Crippen molar-refractivity contribution in [3.05, 3.63) is 28.2 Å². The van der Waals surface area contributed by atoms with Crippen LogP contribution in [-0.4, -0.2) is 18.2 Å². The second-order valence-corrected chi connectivity index (χ2v) is 6.89. The third-order valence-electron chi connectivity index (χ3n) is 3.68. The molecule has 0 bridgehead atoms. The first kappa shape index (κ1) is 15.5. The monoisotopic (exact) mass is 313 g/mol. The predicted octanol–water partition coefficient (Wildman–Crippen LogP) is 4.37. The summed E-state index contributed by atoms with van der Waals surface area (Å²) in [5.41, 5.74) is 2.31. The van der Waals surface area contributed by atoms with E-state index >= 15 is 0 Å². The van der Waals surface area contributed by atoms with Gasteiger partial charge in [0.25, 0.3) is 0 Å². The van der Waals surface area contributed by atoms with Crippen molar-refractivity contribution in [3.63, 3.8) is 0 Å². The molecule has 0 spiro atoms. The van der Waals surface area contributed by atoms with Crippen LogP contribution >= 0.6 is 15.9 Å². The molecular formula is C15H24BrNO. The SMILES string of the molecule is CC(N(C)c1ccc([C@@H](C)O)c(Br)c1)C(C)(C)C. The van der Waals surface area contributed by atoms with Crippen LogP contribution in [0.3, 0.4) is 0 Å². The summed E-state index contributed by atoms with van der Waals surface area (Å²) in [6.07, 6.45) is -0.446. The van der Waals surface area contributed by atoms with Gasteiger partial charge in [-0.2, -0.15) is 0 Å². The van der Waals surface area contributed by atoms with Crippen molar-refractivity contribution >= 4 is 21.6 Å². The minimum Gasteiger partial charge on any atom is -0.389 e. The highest BCUT2D eigenvalue weighted by Crippen LogP contribution is 2.31. The fourth-order valence-electron chi connectivity index (χ4n) is 1.88. The molecule has 2 atom stereocenters. The third kappa shape index (κ3) is 3.48. The van der Waals surface area contributed by atoms with Crippen LogP contribution in [0, 0.1) is 5.41 Å². The highest BCUT2D eigenvalue weighted by atomic mass is 79.9. The molecule has 0 aromatic heterocycles. The van der Waals surface area contributed by atoms with Gasteiger partial charge in [-0.1, -0.05) is 42.8 Å². The molecule has 0 aliphatic carbocycles. The van der Waals surface area contributed by atoms with Crippen LogP contribution in [0.5, 0.6) is 0 Å². The summed E-state index contributed by atoms with van der Waals surface area (Å²) in [5.74, 6) is 0. The van der Waals surface area contributed by atoms with Crippen LogP contribution < -0.4 is 4.90 Å². The van der Waals surface area contributed by atoms with E-state index in [0.29, 0.717) is 6.04 Å². The molecule has 0 radical (unpaired) electrons. The zero-order valence-corrected chi connectivity index (χ0v) is 13.7. The Bertz CT molecular complexity index is 409. The Hall–Kier alpha value is -0.540. The van der Waals surface area contributed by atoms with Gasteiger partial charge >= 0.3 is 0 Å². The highest BCUT2D eigenvalue weighted by Gasteiger charge is 2.24. The van der Waals surface area contributed by atoms with Gasteiger partial charge in [-0.25, -0.2) is 0 Å². The Labute approximate surface area is 119 Å². The van der Waals surface area contributed by atoms with E-state index in [2.05, 4.69) is 67.7 Å². The molecule has 0 amide bonds. The van der Waals surface area contributed by atoms with Crippen LogP contribution in [-0.2, 0) is 0 Å². The average Bonchev–Trinajstić information content (AvgIpc) is 2.25. The van der Waals surface area contributed by atoms with Crippen molar-refractivity contribution in [1.29, 1.82) is 0 Å². The zero-order valence-electron chi connectivity index (χ0n) is 12.2. The standard InChI is InChI=1S/C15H24BrNO/c1-10(18)13-8-7-12(9-14(13)16)17(6)11(2)15(3,4)5/h7-11,18H,1-6H3/t10-,11?/m1/s1. The normalized spacial score (nSPS) is 15.3. The number of benzene rings is 1. The van der Waals surface area contributed by atoms with Gasteiger partial charge in [0.1, 0.15) is 0 Å². The average molecular weight is 314 g/mol. The fourth-order valence-corrected chi connectivity index (χ4v) is 2.58. The van der Waals surface area contributed by atoms with E-state index in [1.54, 1.807) is 6.92 Å². The molecule has 3 heteroatoms. The number of aliphatic hydroxyl groups excluding tert-OH is 1. The Kier molecular flexibility index (Phi) is 4.84. The fraction of sp³-hybridized carbons (Fsp3) is 0.600. The smallest absolute Gasteiger partial charge is 0.0772 e. The van der Waals surface area contributed by atoms with Crippen LogP contribution in [0.1, 0.15) is 46.3 Å². The molecule has 2 nitrogen and oxygen atoms in total. The van der Waals surface area contributed by atoms with E-state index in [-0.39, 0.29) is 5.41 Å². The molecule has 102 valence electrons. The van der Waals surface area contributed by atoms with Gasteiger partial charge in [-0.15, -0.1) is 0 Å². The van der Waals surface area contributed by atoms with Gasteiger partial charge < -0.3 is 10.0 Å². The number of halogens is 1. The van der Waals surface area contributed by atoms with Gasteiger partial charge in [-0.3, -0.25) is 0 Å². The van der Waals surface area contributed by atoms with Gasteiger partial charge in [0.05, 0.1) is 6.10 Å². The minimum atomic E-state index is -0.446. The van der Waals surface area contributed by atoms with Crippen molar-refractivity contribution in [2.45, 2.75) is 46.8 Å². The molecule has 0 saturated carbocycles. The van der Waals surface area contributed by atoms with Crippen LogP contribution in [0.4, 0.5) is 5.69 Å². The van der Waals surface area contributed by atoms with Crippen LogP contribution in [0.15, 0.2) is 22.7 Å². The largest absolute Gasteiger partial charge is 0.389 e. The first-order valence-corrected chi connectivity index (χ1v) is 7.14. The van der Waals surface area contributed by atoms with Crippen LogP contribution in [0.25, 0.3) is 0 Å². The van der Waals surface area contributed by atoms with Crippen molar-refractivity contribution in [3.8, 4) is 0 Å². The molecule has 0 fully saturated rings. The summed E-state index contributed by atoms with van der Waals surface area (Å²) in [6.45, 7) is 10.7. The number of anilines is 1. The van der Waals surface area contributed by atoms with Crippen molar-refractivity contribution in [2.75, 3.05) is 11.9 Å². The summed E-state index contributed by atoms with van der Waals surface area (Å²) >= 11 is 3.53. The lowest BCUT2D eigenvalue weighted by atomic mass is 9.87. The lowest BCUT2D eigenvalue weighted by molar-refractivity contribution is 0.198. The summed E-state index contributed by atoms with van der Waals surface area (Å²) in [7, 11) is 2.11. The Balaban J connectivity index is 3.02. The zero-order chi connectivity index (χ0) is 14.1. The van der Waals surface area contributed by atoms with Gasteiger partial charge in [0, 0.05) is 23.2 Å². The molecule has 1 aromatic carbocycles. The maximum Gasteiger partial charge on any atom is 0.0772 e. The second kappa shape index (κ2) is 5.62. The first-order valence-electron chi connectivity index (χ1n) is 6.35. The number of nitrogens with zero attached hydrogens (tertiary/aromatic N) is 1. The molecule has 0 aliphatic rings. The van der Waals surface area contributed by atoms with Crippen LogP contribution in [0.2, 0.25) is 0 Å². The molecule has 1 aromatic rings. The maximum absolute atomic E-state index is 9.63. The molecule has 1 N–H and O–H groups in total. The Morgan fingerprint density at radius 2 is 1.78 bits per heavy atom. The van der Waals surface area contributed by atoms with E-state index in [0.717, 1.165) is 15.7 Å². The van der Waals surface area contributed by atoms with Crippen molar-refractivity contribution in [1.82, 2.24) is 0 Å². The number of aliphatic hydroxyl groups is 1. The molecule has 0 aliphatic heterocycles. The highest BCUT2D eigenvalue weighted by molar-refractivity contribution is 9.10. The minimum absolute atomic E-state index is 0.226. The summed E-state index contributed by atoms with van der Waals surface area (Å²) in [6, 6.07) is 6.55. The first-order chi connectivity index (χ1) is 8.14.